The van der Waals surface area contributed by atoms with E-state index in [9.17, 15) is 0 Å². The lowest BCUT2D eigenvalue weighted by Gasteiger charge is -2.19. The van der Waals surface area contributed by atoms with Gasteiger partial charge in [-0.05, 0) is 24.1 Å². The molecule has 2 N–H and O–H groups in total. The molecular weight excluding hydrogens is 302 g/mol. The number of thiophene rings is 1. The Hall–Kier alpha value is -0.0800. The summed E-state index contributed by atoms with van der Waals surface area (Å²) in [6.45, 7) is 2.12. The van der Waals surface area contributed by atoms with E-state index >= 15 is 0 Å². The third-order valence-corrected chi connectivity index (χ3v) is 6.95. The monoisotopic (exact) mass is 317 g/mol. The highest BCUT2D eigenvalue weighted by Crippen LogP contribution is 2.41. The molecule has 0 saturated carbocycles. The van der Waals surface area contributed by atoms with Gasteiger partial charge in [0.1, 0.15) is 0 Å². The summed E-state index contributed by atoms with van der Waals surface area (Å²) in [7, 11) is 0. The molecule has 18 heavy (non-hydrogen) atoms. The Labute approximate surface area is 124 Å². The number of rotatable bonds is 6. The zero-order valence-corrected chi connectivity index (χ0v) is 13.5. The average Bonchev–Trinajstić information content (AvgIpc) is 3.05. The minimum atomic E-state index is 0.148. The lowest BCUT2D eigenvalue weighted by molar-refractivity contribution is 0.639. The summed E-state index contributed by atoms with van der Waals surface area (Å²) in [5.74, 6) is 0. The lowest BCUT2D eigenvalue weighted by atomic mass is 10.1. The highest BCUT2D eigenvalue weighted by molar-refractivity contribution is 8.03. The summed E-state index contributed by atoms with van der Waals surface area (Å²) in [6, 6.07) is 4.37. The summed E-state index contributed by atoms with van der Waals surface area (Å²) >= 11 is 6.76. The normalized spacial score (nSPS) is 14.6. The van der Waals surface area contributed by atoms with Gasteiger partial charge >= 0.3 is 0 Å². The van der Waals surface area contributed by atoms with E-state index in [4.69, 9.17) is 5.73 Å². The van der Waals surface area contributed by atoms with Crippen LogP contribution in [0.5, 0.6) is 0 Å². The van der Waals surface area contributed by atoms with Crippen LogP contribution in [0.4, 0.5) is 0 Å². The number of hydrogen-bond donors (Lipinski definition) is 1. The van der Waals surface area contributed by atoms with Gasteiger partial charge in [0, 0.05) is 10.9 Å². The average molecular weight is 318 g/mol. The van der Waals surface area contributed by atoms with Crippen LogP contribution in [-0.2, 0) is 0 Å². The highest BCUT2D eigenvalue weighted by atomic mass is 32.2. The molecule has 2 rings (SSSR count). The van der Waals surface area contributed by atoms with E-state index in [2.05, 4.69) is 34.6 Å². The van der Waals surface area contributed by atoms with Gasteiger partial charge in [0.2, 0.25) is 0 Å². The molecule has 0 saturated heterocycles. The minimum Gasteiger partial charge on any atom is -0.326 e. The Morgan fingerprint density at radius 3 is 2.72 bits per heavy atom. The fraction of sp³-hybridized carbons (Fsp3) is 0.455. The Morgan fingerprint density at radius 2 is 2.17 bits per heavy atom. The number of aromatic nitrogens is 2. The van der Waals surface area contributed by atoms with Crippen molar-refractivity contribution in [2.24, 2.45) is 5.73 Å². The van der Waals surface area contributed by atoms with Crippen molar-refractivity contribution < 1.29 is 0 Å². The molecule has 3 nitrogen and oxygen atoms in total. The Kier molecular flexibility index (Phi) is 5.50. The minimum absolute atomic E-state index is 0.148. The van der Waals surface area contributed by atoms with Gasteiger partial charge in [0.05, 0.1) is 5.25 Å². The second-order valence-electron chi connectivity index (χ2n) is 3.66. The van der Waals surface area contributed by atoms with Crippen LogP contribution >= 0.6 is 46.2 Å². The predicted octanol–water partition coefficient (Wildman–Crippen LogP) is 3.89. The maximum absolute atomic E-state index is 6.23. The van der Waals surface area contributed by atoms with E-state index in [1.165, 1.54) is 4.88 Å². The van der Waals surface area contributed by atoms with Gasteiger partial charge < -0.3 is 5.73 Å². The standard InChI is InChI=1S/C11H15N3S4/c1-3-7(12)9(8-5-4-6-16-8)17-11-14-13-10(15-2)18-11/h4-7,9H,3,12H2,1-2H3. The van der Waals surface area contributed by atoms with Crippen LogP contribution in [0.15, 0.2) is 26.2 Å². The molecule has 0 spiro atoms. The molecule has 0 amide bonds. The quantitative estimate of drug-likeness (QED) is 0.819. The Bertz CT molecular complexity index is 468. The second kappa shape index (κ2) is 6.91. The number of nitrogens with zero attached hydrogens (tertiary/aromatic N) is 2. The fourth-order valence-corrected chi connectivity index (χ4v) is 5.32. The van der Waals surface area contributed by atoms with Crippen LogP contribution in [0.3, 0.4) is 0 Å². The molecule has 2 atom stereocenters. The zero-order chi connectivity index (χ0) is 13.0. The van der Waals surface area contributed by atoms with E-state index in [0.717, 1.165) is 15.1 Å². The molecule has 0 aromatic carbocycles. The van der Waals surface area contributed by atoms with Crippen molar-refractivity contribution in [3.8, 4) is 0 Å². The van der Waals surface area contributed by atoms with Crippen LogP contribution < -0.4 is 5.73 Å². The molecule has 0 radical (unpaired) electrons. The topological polar surface area (TPSA) is 51.8 Å². The van der Waals surface area contributed by atoms with Gasteiger partial charge in [0.15, 0.2) is 8.68 Å². The molecule has 2 aromatic rings. The molecule has 0 aliphatic rings. The SMILES string of the molecule is CCC(N)C(Sc1nnc(SC)s1)c1cccs1. The Morgan fingerprint density at radius 1 is 1.39 bits per heavy atom. The van der Waals surface area contributed by atoms with Crippen LogP contribution in [0, 0.1) is 0 Å². The van der Waals surface area contributed by atoms with E-state index in [-0.39, 0.29) is 11.3 Å². The van der Waals surface area contributed by atoms with Crippen molar-refractivity contribution in [2.75, 3.05) is 6.26 Å². The van der Waals surface area contributed by atoms with Crippen molar-refractivity contribution in [2.45, 2.75) is 33.3 Å². The van der Waals surface area contributed by atoms with Crippen LogP contribution in [0.2, 0.25) is 0 Å². The van der Waals surface area contributed by atoms with Gasteiger partial charge in [-0.3, -0.25) is 0 Å². The van der Waals surface area contributed by atoms with Gasteiger partial charge in [0.25, 0.3) is 0 Å². The smallest absolute Gasteiger partial charge is 0.175 e. The maximum atomic E-state index is 6.23. The molecule has 2 heterocycles. The molecule has 0 aliphatic heterocycles. The largest absolute Gasteiger partial charge is 0.326 e. The van der Waals surface area contributed by atoms with Crippen molar-refractivity contribution in [3.63, 3.8) is 0 Å². The van der Waals surface area contributed by atoms with Crippen LogP contribution in [-0.4, -0.2) is 22.5 Å². The van der Waals surface area contributed by atoms with Crippen molar-refractivity contribution in [1.29, 1.82) is 0 Å². The van der Waals surface area contributed by atoms with E-state index < -0.39 is 0 Å². The lowest BCUT2D eigenvalue weighted by Crippen LogP contribution is -2.25. The van der Waals surface area contributed by atoms with Gasteiger partial charge in [-0.1, -0.05) is 47.9 Å². The number of hydrogen-bond acceptors (Lipinski definition) is 7. The third kappa shape index (κ3) is 3.48. The maximum Gasteiger partial charge on any atom is 0.175 e. The highest BCUT2D eigenvalue weighted by Gasteiger charge is 2.22. The number of thioether (sulfide) groups is 2. The summed E-state index contributed by atoms with van der Waals surface area (Å²) in [5.41, 5.74) is 6.23. The van der Waals surface area contributed by atoms with Crippen LogP contribution in [0.1, 0.15) is 23.5 Å². The first-order chi connectivity index (χ1) is 8.74. The summed E-state index contributed by atoms with van der Waals surface area (Å²) in [4.78, 5) is 1.32. The first-order valence-corrected chi connectivity index (χ1v) is 9.37. The van der Waals surface area contributed by atoms with Gasteiger partial charge in [-0.15, -0.1) is 21.5 Å². The first kappa shape index (κ1) is 14.3. The number of nitrogens with two attached hydrogens (primary N) is 1. The first-order valence-electron chi connectivity index (χ1n) is 5.57. The Balaban J connectivity index is 2.15. The molecule has 2 aromatic heterocycles. The predicted molar refractivity (Wildman–Crippen MR) is 82.9 cm³/mol. The summed E-state index contributed by atoms with van der Waals surface area (Å²) < 4.78 is 2.01. The molecular formula is C11H15N3S4. The van der Waals surface area contributed by atoms with E-state index in [1.54, 1.807) is 46.2 Å². The fourth-order valence-electron chi connectivity index (χ4n) is 1.46. The third-order valence-electron chi connectivity index (χ3n) is 2.47. The van der Waals surface area contributed by atoms with Crippen molar-refractivity contribution in [1.82, 2.24) is 10.2 Å². The van der Waals surface area contributed by atoms with Crippen molar-refractivity contribution in [3.05, 3.63) is 22.4 Å². The zero-order valence-electron chi connectivity index (χ0n) is 10.2. The summed E-state index contributed by atoms with van der Waals surface area (Å²) in [6.07, 6.45) is 2.98. The van der Waals surface area contributed by atoms with Crippen molar-refractivity contribution >= 4 is 46.2 Å². The van der Waals surface area contributed by atoms with Crippen LogP contribution in [0.25, 0.3) is 0 Å². The van der Waals surface area contributed by atoms with Gasteiger partial charge in [-0.25, -0.2) is 0 Å². The molecule has 0 bridgehead atoms. The molecule has 0 aliphatic carbocycles. The molecule has 2 unspecified atom stereocenters. The van der Waals surface area contributed by atoms with Gasteiger partial charge in [-0.2, -0.15) is 0 Å². The molecule has 98 valence electrons. The molecule has 0 fully saturated rings. The second-order valence-corrected chi connectivity index (χ2v) is 8.06. The van der Waals surface area contributed by atoms with E-state index in [1.807, 2.05) is 6.26 Å². The summed E-state index contributed by atoms with van der Waals surface area (Å²) in [5, 5.41) is 10.7. The van der Waals surface area contributed by atoms with E-state index in [0.29, 0.717) is 0 Å². The molecule has 7 heteroatoms.